The Morgan fingerprint density at radius 1 is 1.56 bits per heavy atom. The van der Waals surface area contributed by atoms with E-state index in [1.165, 1.54) is 5.56 Å². The Bertz CT molecular complexity index is 447. The second-order valence-electron chi connectivity index (χ2n) is 4.99. The van der Waals surface area contributed by atoms with Crippen molar-refractivity contribution >= 4 is 10.8 Å². The first-order chi connectivity index (χ1) is 8.59. The van der Waals surface area contributed by atoms with Crippen molar-refractivity contribution in [1.82, 2.24) is 5.32 Å². The number of hydrogen-bond donors (Lipinski definition) is 2. The van der Waals surface area contributed by atoms with Gasteiger partial charge in [-0.25, -0.2) is 0 Å². The Morgan fingerprint density at radius 3 is 3.06 bits per heavy atom. The van der Waals surface area contributed by atoms with Gasteiger partial charge in [0.25, 0.3) is 0 Å². The van der Waals surface area contributed by atoms with Gasteiger partial charge in [0.1, 0.15) is 5.75 Å². The molecule has 0 amide bonds. The highest BCUT2D eigenvalue weighted by atomic mass is 32.2. The standard InChI is InChI=1S/C14H21NO2S/c1-10(18(2)17)8-9-15-13-7-6-12-11(13)4-3-5-14(12)16/h3-5,10,13,15-16H,6-9H2,1-2H3. The van der Waals surface area contributed by atoms with Crippen LogP contribution >= 0.6 is 0 Å². The zero-order valence-electron chi connectivity index (χ0n) is 11.0. The molecular weight excluding hydrogens is 246 g/mol. The molecule has 2 N–H and O–H groups in total. The highest BCUT2D eigenvalue weighted by Crippen LogP contribution is 2.36. The van der Waals surface area contributed by atoms with Gasteiger partial charge in [-0.15, -0.1) is 0 Å². The van der Waals surface area contributed by atoms with Crippen LogP contribution in [0.1, 0.15) is 36.9 Å². The number of fused-ring (bicyclic) bond motifs is 1. The zero-order valence-corrected chi connectivity index (χ0v) is 11.8. The minimum absolute atomic E-state index is 0.238. The molecule has 0 fully saturated rings. The zero-order chi connectivity index (χ0) is 13.1. The van der Waals surface area contributed by atoms with Gasteiger partial charge in [-0.1, -0.05) is 19.1 Å². The fourth-order valence-electron chi connectivity index (χ4n) is 2.47. The molecule has 1 aromatic carbocycles. The van der Waals surface area contributed by atoms with Gasteiger partial charge >= 0.3 is 0 Å². The second-order valence-corrected chi connectivity index (χ2v) is 6.79. The first kappa shape index (κ1) is 13.6. The fourth-order valence-corrected chi connectivity index (χ4v) is 2.92. The maximum Gasteiger partial charge on any atom is 0.119 e. The summed E-state index contributed by atoms with van der Waals surface area (Å²) in [5.74, 6) is 0.417. The van der Waals surface area contributed by atoms with E-state index in [1.807, 2.05) is 13.0 Å². The molecule has 4 heteroatoms. The Hall–Kier alpha value is -0.870. The molecule has 0 spiro atoms. The minimum Gasteiger partial charge on any atom is -0.508 e. The summed E-state index contributed by atoms with van der Waals surface area (Å²) in [5, 5.41) is 13.5. The monoisotopic (exact) mass is 267 g/mol. The van der Waals surface area contributed by atoms with Crippen molar-refractivity contribution in [3.8, 4) is 5.75 Å². The molecule has 0 saturated heterocycles. The van der Waals surface area contributed by atoms with E-state index in [2.05, 4.69) is 11.4 Å². The molecule has 3 nitrogen and oxygen atoms in total. The largest absolute Gasteiger partial charge is 0.508 e. The lowest BCUT2D eigenvalue weighted by Crippen LogP contribution is -2.24. The van der Waals surface area contributed by atoms with E-state index in [1.54, 1.807) is 12.3 Å². The highest BCUT2D eigenvalue weighted by Gasteiger charge is 2.24. The molecular formula is C14H21NO2S. The maximum absolute atomic E-state index is 11.3. The highest BCUT2D eigenvalue weighted by molar-refractivity contribution is 7.84. The lowest BCUT2D eigenvalue weighted by Gasteiger charge is -2.15. The Balaban J connectivity index is 1.90. The molecule has 0 aromatic heterocycles. The number of hydrogen-bond acceptors (Lipinski definition) is 3. The lowest BCUT2D eigenvalue weighted by atomic mass is 10.1. The van der Waals surface area contributed by atoms with Crippen molar-refractivity contribution < 1.29 is 9.32 Å². The molecule has 1 aliphatic rings. The summed E-state index contributed by atoms with van der Waals surface area (Å²) in [6.45, 7) is 2.90. The van der Waals surface area contributed by atoms with E-state index in [9.17, 15) is 9.32 Å². The van der Waals surface area contributed by atoms with Crippen molar-refractivity contribution in [1.29, 1.82) is 0 Å². The average molecular weight is 267 g/mol. The van der Waals surface area contributed by atoms with Gasteiger partial charge in [0.15, 0.2) is 0 Å². The molecule has 0 aliphatic heterocycles. The van der Waals surface area contributed by atoms with Gasteiger partial charge in [-0.3, -0.25) is 4.21 Å². The van der Waals surface area contributed by atoms with Gasteiger partial charge in [0, 0.05) is 28.3 Å². The van der Waals surface area contributed by atoms with Crippen LogP contribution in [0.2, 0.25) is 0 Å². The smallest absolute Gasteiger partial charge is 0.119 e. The number of benzene rings is 1. The van der Waals surface area contributed by atoms with E-state index < -0.39 is 10.8 Å². The van der Waals surface area contributed by atoms with Gasteiger partial charge in [0.05, 0.1) is 0 Å². The van der Waals surface area contributed by atoms with Crippen LogP contribution in [-0.2, 0) is 17.2 Å². The summed E-state index contributed by atoms with van der Waals surface area (Å²) in [7, 11) is -0.742. The van der Waals surface area contributed by atoms with Crippen LogP contribution in [-0.4, -0.2) is 27.4 Å². The first-order valence-corrected chi connectivity index (χ1v) is 8.08. The van der Waals surface area contributed by atoms with Crippen molar-refractivity contribution in [2.75, 3.05) is 12.8 Å². The number of rotatable bonds is 5. The maximum atomic E-state index is 11.3. The quantitative estimate of drug-likeness (QED) is 0.859. The third kappa shape index (κ3) is 2.93. The van der Waals surface area contributed by atoms with Gasteiger partial charge < -0.3 is 10.4 Å². The number of aromatic hydroxyl groups is 1. The molecule has 100 valence electrons. The van der Waals surface area contributed by atoms with Gasteiger partial charge in [-0.2, -0.15) is 0 Å². The number of phenolic OH excluding ortho intramolecular Hbond substituents is 1. The second kappa shape index (κ2) is 5.85. The molecule has 0 bridgehead atoms. The third-order valence-electron chi connectivity index (χ3n) is 3.75. The van der Waals surface area contributed by atoms with E-state index in [0.717, 1.165) is 31.4 Å². The number of phenols is 1. The summed E-state index contributed by atoms with van der Waals surface area (Å²) >= 11 is 0. The van der Waals surface area contributed by atoms with Crippen molar-refractivity contribution in [2.45, 2.75) is 37.5 Å². The number of nitrogens with one attached hydrogen (secondary N) is 1. The van der Waals surface area contributed by atoms with E-state index in [0.29, 0.717) is 11.8 Å². The van der Waals surface area contributed by atoms with E-state index in [-0.39, 0.29) is 5.25 Å². The van der Waals surface area contributed by atoms with Gasteiger partial charge in [0.2, 0.25) is 0 Å². The van der Waals surface area contributed by atoms with Crippen LogP contribution in [0.5, 0.6) is 5.75 Å². The van der Waals surface area contributed by atoms with E-state index in [4.69, 9.17) is 0 Å². The Labute approximate surface area is 111 Å². The van der Waals surface area contributed by atoms with Crippen molar-refractivity contribution in [2.24, 2.45) is 0 Å². The Kier molecular flexibility index (Phi) is 4.40. The predicted molar refractivity (Wildman–Crippen MR) is 75.3 cm³/mol. The summed E-state index contributed by atoms with van der Waals surface area (Å²) in [6, 6.07) is 6.08. The molecule has 1 aliphatic carbocycles. The SMILES string of the molecule is CC(CCNC1CCc2c(O)cccc21)S(C)=O. The lowest BCUT2D eigenvalue weighted by molar-refractivity contribution is 0.469. The first-order valence-electron chi connectivity index (χ1n) is 6.46. The van der Waals surface area contributed by atoms with Crippen molar-refractivity contribution in [3.63, 3.8) is 0 Å². The summed E-state index contributed by atoms with van der Waals surface area (Å²) in [5.41, 5.74) is 2.31. The molecule has 3 unspecified atom stereocenters. The molecule has 18 heavy (non-hydrogen) atoms. The average Bonchev–Trinajstić information content (AvgIpc) is 2.74. The normalized spacial score (nSPS) is 21.6. The topological polar surface area (TPSA) is 49.3 Å². The Morgan fingerprint density at radius 2 is 2.33 bits per heavy atom. The summed E-state index contributed by atoms with van der Waals surface area (Å²) in [4.78, 5) is 0. The van der Waals surface area contributed by atoms with Crippen LogP contribution in [0.15, 0.2) is 18.2 Å². The molecule has 2 rings (SSSR count). The van der Waals surface area contributed by atoms with E-state index >= 15 is 0 Å². The molecule has 3 atom stereocenters. The molecule has 1 aromatic rings. The van der Waals surface area contributed by atoms with Crippen LogP contribution in [0, 0.1) is 0 Å². The minimum atomic E-state index is -0.742. The third-order valence-corrected chi connectivity index (χ3v) is 5.12. The van der Waals surface area contributed by atoms with Crippen LogP contribution in [0.25, 0.3) is 0 Å². The predicted octanol–water partition coefficient (Wildman–Crippen LogP) is 2.13. The summed E-state index contributed by atoms with van der Waals surface area (Å²) in [6.07, 6.45) is 4.66. The van der Waals surface area contributed by atoms with Crippen molar-refractivity contribution in [3.05, 3.63) is 29.3 Å². The van der Waals surface area contributed by atoms with Gasteiger partial charge in [-0.05, 0) is 43.0 Å². The summed E-state index contributed by atoms with van der Waals surface area (Å²) < 4.78 is 11.3. The molecule has 0 saturated carbocycles. The molecule has 0 heterocycles. The van der Waals surface area contributed by atoms with Crippen LogP contribution < -0.4 is 5.32 Å². The van der Waals surface area contributed by atoms with Crippen LogP contribution in [0.3, 0.4) is 0 Å². The molecule has 0 radical (unpaired) electrons. The van der Waals surface area contributed by atoms with Crippen LogP contribution in [0.4, 0.5) is 0 Å². The fraction of sp³-hybridized carbons (Fsp3) is 0.571.